The first-order valence-corrected chi connectivity index (χ1v) is 11.3. The van der Waals surface area contributed by atoms with E-state index >= 15 is 0 Å². The van der Waals surface area contributed by atoms with Crippen molar-refractivity contribution in [3.63, 3.8) is 0 Å². The Kier molecular flexibility index (Phi) is 7.20. The number of anilines is 1. The molecule has 0 atom stereocenters. The molecule has 4 rings (SSSR count). The van der Waals surface area contributed by atoms with Gasteiger partial charge in [-0.3, -0.25) is 25.8 Å². The van der Waals surface area contributed by atoms with Crippen LogP contribution in [0.4, 0.5) is 5.69 Å². The SMILES string of the molecule is C=C1/C=C(/c2ccc(CN3CCC(C(=O)O)CC3)cc2)N/N=C\N=C1c1cccc(NO)c1C. The molecule has 0 spiro atoms. The number of hydrazone groups is 1. The molecule has 4 N–H and O–H groups in total. The molecule has 34 heavy (non-hydrogen) atoms. The number of nitrogens with one attached hydrogen (secondary N) is 2. The summed E-state index contributed by atoms with van der Waals surface area (Å²) >= 11 is 0. The van der Waals surface area contributed by atoms with E-state index in [1.807, 2.05) is 37.3 Å². The van der Waals surface area contributed by atoms with Crippen LogP contribution < -0.4 is 10.9 Å². The summed E-state index contributed by atoms with van der Waals surface area (Å²) in [6.07, 6.45) is 4.77. The Hall–Kier alpha value is -3.75. The van der Waals surface area contributed by atoms with Crippen LogP contribution in [0.3, 0.4) is 0 Å². The van der Waals surface area contributed by atoms with Crippen molar-refractivity contribution in [3.05, 3.63) is 82.9 Å². The number of nitrogens with zero attached hydrogens (tertiary/aromatic N) is 3. The number of carboxylic acid groups (broad SMARTS) is 1. The molecule has 8 nitrogen and oxygen atoms in total. The second-order valence-corrected chi connectivity index (χ2v) is 8.59. The van der Waals surface area contributed by atoms with Crippen LogP contribution in [0.5, 0.6) is 0 Å². The lowest BCUT2D eigenvalue weighted by molar-refractivity contribution is -0.143. The average Bonchev–Trinajstić information content (AvgIpc) is 2.83. The van der Waals surface area contributed by atoms with Crippen LogP contribution in [0.15, 0.2) is 70.8 Å². The highest BCUT2D eigenvalue weighted by Gasteiger charge is 2.24. The lowest BCUT2D eigenvalue weighted by Crippen LogP contribution is -2.35. The second-order valence-electron chi connectivity index (χ2n) is 8.59. The molecule has 8 heteroatoms. The molecule has 1 fully saturated rings. The van der Waals surface area contributed by atoms with Gasteiger partial charge in [0.2, 0.25) is 0 Å². The lowest BCUT2D eigenvalue weighted by Gasteiger charge is -2.30. The Morgan fingerprint density at radius 1 is 1.21 bits per heavy atom. The fraction of sp³-hybridized carbons (Fsp3) is 0.269. The van der Waals surface area contributed by atoms with Crippen LogP contribution in [0.1, 0.15) is 35.1 Å². The minimum absolute atomic E-state index is 0.218. The Morgan fingerprint density at radius 2 is 1.94 bits per heavy atom. The number of aliphatic carboxylic acids is 1. The van der Waals surface area contributed by atoms with Crippen molar-refractivity contribution in [2.24, 2.45) is 16.0 Å². The van der Waals surface area contributed by atoms with Crippen molar-refractivity contribution in [1.82, 2.24) is 10.3 Å². The van der Waals surface area contributed by atoms with E-state index in [0.717, 1.165) is 47.6 Å². The number of carbonyl (C=O) groups is 1. The van der Waals surface area contributed by atoms with Gasteiger partial charge in [0.05, 0.1) is 23.0 Å². The summed E-state index contributed by atoms with van der Waals surface area (Å²) in [5.41, 5.74) is 11.9. The zero-order chi connectivity index (χ0) is 24.1. The van der Waals surface area contributed by atoms with Crippen LogP contribution in [0, 0.1) is 12.8 Å². The van der Waals surface area contributed by atoms with Gasteiger partial charge in [-0.1, -0.05) is 43.0 Å². The zero-order valence-corrected chi connectivity index (χ0v) is 19.2. The summed E-state index contributed by atoms with van der Waals surface area (Å²) in [7, 11) is 0. The van der Waals surface area contributed by atoms with Gasteiger partial charge in [-0.05, 0) is 67.3 Å². The van der Waals surface area contributed by atoms with Gasteiger partial charge < -0.3 is 5.11 Å². The van der Waals surface area contributed by atoms with Crippen molar-refractivity contribution in [2.45, 2.75) is 26.3 Å². The molecule has 2 aromatic rings. The topological polar surface area (TPSA) is 110 Å². The van der Waals surface area contributed by atoms with Gasteiger partial charge in [0, 0.05) is 12.1 Å². The number of benzene rings is 2. The molecule has 176 valence electrons. The van der Waals surface area contributed by atoms with Gasteiger partial charge in [0.15, 0.2) is 0 Å². The third-order valence-corrected chi connectivity index (χ3v) is 6.37. The van der Waals surface area contributed by atoms with Gasteiger partial charge in [0.25, 0.3) is 0 Å². The van der Waals surface area contributed by atoms with Gasteiger partial charge in [0.1, 0.15) is 6.34 Å². The molecular formula is C26H29N5O3. The molecular weight excluding hydrogens is 430 g/mol. The monoisotopic (exact) mass is 459 g/mol. The summed E-state index contributed by atoms with van der Waals surface area (Å²) in [5, 5.41) is 22.8. The number of hydrogen-bond acceptors (Lipinski definition) is 7. The Bertz CT molecular complexity index is 1160. The van der Waals surface area contributed by atoms with Gasteiger partial charge in [-0.2, -0.15) is 5.10 Å². The maximum atomic E-state index is 11.2. The van der Waals surface area contributed by atoms with Crippen molar-refractivity contribution in [1.29, 1.82) is 0 Å². The first kappa shape index (κ1) is 23.4. The normalized spacial score (nSPS) is 19.8. The maximum Gasteiger partial charge on any atom is 0.306 e. The van der Waals surface area contributed by atoms with Crippen LogP contribution in [-0.2, 0) is 11.3 Å². The van der Waals surface area contributed by atoms with Gasteiger partial charge in [-0.25, -0.2) is 4.99 Å². The van der Waals surface area contributed by atoms with Crippen LogP contribution in [0.25, 0.3) is 5.70 Å². The van der Waals surface area contributed by atoms with Crippen molar-refractivity contribution in [2.75, 3.05) is 18.6 Å². The Labute approximate surface area is 199 Å². The summed E-state index contributed by atoms with van der Waals surface area (Å²) in [6.45, 7) is 8.53. The molecule has 1 saturated heterocycles. The standard InChI is InChI=1S/C26H29N5O3/c1-17-14-24(29-28-16-27-25(17)22-4-3-5-23(30-34)18(22)2)20-8-6-19(7-9-20)15-31-12-10-21(11-13-31)26(32)33/h3-9,14,16,21,29-30,34H,1,10-13,15H2,2H3,(H,32,33)/b24-14-,27-25?,28-16-. The summed E-state index contributed by atoms with van der Waals surface area (Å²) < 4.78 is 0. The summed E-state index contributed by atoms with van der Waals surface area (Å²) in [6, 6.07) is 13.8. The number of hydrogen-bond donors (Lipinski definition) is 4. The van der Waals surface area contributed by atoms with Crippen molar-refractivity contribution >= 4 is 29.4 Å². The number of rotatable bonds is 6. The van der Waals surface area contributed by atoms with E-state index in [4.69, 9.17) is 0 Å². The molecule has 0 aromatic heterocycles. The molecule has 2 aliphatic heterocycles. The molecule has 0 amide bonds. The third-order valence-electron chi connectivity index (χ3n) is 6.37. The molecule has 0 radical (unpaired) electrons. The largest absolute Gasteiger partial charge is 0.481 e. The highest BCUT2D eigenvalue weighted by atomic mass is 16.5. The highest BCUT2D eigenvalue weighted by Crippen LogP contribution is 2.25. The Balaban J connectivity index is 1.48. The van der Waals surface area contributed by atoms with E-state index in [0.29, 0.717) is 24.2 Å². The molecule has 2 heterocycles. The predicted molar refractivity (Wildman–Crippen MR) is 134 cm³/mol. The van der Waals surface area contributed by atoms with E-state index in [2.05, 4.69) is 44.6 Å². The third kappa shape index (κ3) is 5.24. The molecule has 0 unspecified atom stereocenters. The van der Waals surface area contributed by atoms with Crippen LogP contribution in [0.2, 0.25) is 0 Å². The quantitative estimate of drug-likeness (QED) is 0.486. The fourth-order valence-corrected chi connectivity index (χ4v) is 4.33. The summed E-state index contributed by atoms with van der Waals surface area (Å²) in [5.74, 6) is -0.904. The van der Waals surface area contributed by atoms with Crippen LogP contribution in [-0.4, -0.2) is 46.3 Å². The average molecular weight is 460 g/mol. The Morgan fingerprint density at radius 3 is 2.62 bits per heavy atom. The number of aliphatic imine (C=N–C) groups is 1. The molecule has 0 aliphatic carbocycles. The van der Waals surface area contributed by atoms with E-state index < -0.39 is 5.97 Å². The molecule has 0 saturated carbocycles. The molecule has 2 aliphatic rings. The predicted octanol–water partition coefficient (Wildman–Crippen LogP) is 4.03. The molecule has 2 aromatic carbocycles. The highest BCUT2D eigenvalue weighted by molar-refractivity contribution is 6.18. The minimum atomic E-state index is -0.686. The van der Waals surface area contributed by atoms with Gasteiger partial charge >= 0.3 is 5.97 Å². The van der Waals surface area contributed by atoms with Gasteiger partial charge in [-0.15, -0.1) is 0 Å². The van der Waals surface area contributed by atoms with E-state index in [-0.39, 0.29) is 5.92 Å². The number of piperidine rings is 1. The smallest absolute Gasteiger partial charge is 0.306 e. The fourth-order valence-electron chi connectivity index (χ4n) is 4.33. The second kappa shape index (κ2) is 10.5. The number of carboxylic acids is 1. The van der Waals surface area contributed by atoms with Crippen molar-refractivity contribution < 1.29 is 15.1 Å². The zero-order valence-electron chi connectivity index (χ0n) is 19.2. The maximum absolute atomic E-state index is 11.2. The summed E-state index contributed by atoms with van der Waals surface area (Å²) in [4.78, 5) is 17.9. The van der Waals surface area contributed by atoms with E-state index in [1.165, 1.54) is 11.9 Å². The number of allylic oxidation sites excluding steroid dienone is 2. The lowest BCUT2D eigenvalue weighted by atomic mass is 9.96. The molecule has 0 bridgehead atoms. The van der Waals surface area contributed by atoms with E-state index in [1.54, 1.807) is 6.07 Å². The van der Waals surface area contributed by atoms with Crippen LogP contribution >= 0.6 is 0 Å². The first-order valence-electron chi connectivity index (χ1n) is 11.3. The van der Waals surface area contributed by atoms with E-state index in [9.17, 15) is 15.1 Å². The minimum Gasteiger partial charge on any atom is -0.481 e. The van der Waals surface area contributed by atoms with Crippen molar-refractivity contribution in [3.8, 4) is 0 Å². The first-order chi connectivity index (χ1) is 16.5. The number of likely N-dealkylation sites (tertiary alicyclic amines) is 1.